The van der Waals surface area contributed by atoms with E-state index in [-0.39, 0.29) is 34.8 Å². The van der Waals surface area contributed by atoms with E-state index in [1.165, 1.54) is 19.1 Å². The summed E-state index contributed by atoms with van der Waals surface area (Å²) in [5, 5.41) is 0. The van der Waals surface area contributed by atoms with Crippen LogP contribution in [0, 0.1) is 5.92 Å². The summed E-state index contributed by atoms with van der Waals surface area (Å²) in [6.45, 7) is 3.34. The number of carbonyl (C=O) groups excluding carboxylic acids is 2. The lowest BCUT2D eigenvalue weighted by Crippen LogP contribution is -2.41. The maximum absolute atomic E-state index is 12.3. The van der Waals surface area contributed by atoms with Crippen LogP contribution in [0.15, 0.2) is 29.2 Å². The number of carbonyl (C=O) groups is 2. The van der Waals surface area contributed by atoms with Gasteiger partial charge in [0, 0.05) is 13.1 Å². The number of ether oxygens (including phenoxy) is 1. The Hall–Kier alpha value is -1.89. The van der Waals surface area contributed by atoms with Crippen molar-refractivity contribution in [3.8, 4) is 0 Å². The topological polar surface area (TPSA) is 80.7 Å². The largest absolute Gasteiger partial charge is 0.452 e. The molecule has 1 aliphatic rings. The number of likely N-dealkylation sites (N-methyl/N-ethyl adjacent to an activating group) is 1. The standard InChI is InChI=1S/C19H27NO5S/c1-4-26(23,24)17-8-6-5-7-16(17)19(22)25-13-18(21)20(3)15-11-9-14(2)10-12-15/h5-8,14-15H,4,9-13H2,1-3H3. The number of benzene rings is 1. The molecule has 26 heavy (non-hydrogen) atoms. The second-order valence-electron chi connectivity index (χ2n) is 6.89. The van der Waals surface area contributed by atoms with E-state index in [0.717, 1.165) is 25.7 Å². The van der Waals surface area contributed by atoms with Crippen LogP contribution in [-0.4, -0.2) is 50.6 Å². The molecule has 1 aromatic rings. The van der Waals surface area contributed by atoms with Crippen molar-refractivity contribution in [2.75, 3.05) is 19.4 Å². The first-order chi connectivity index (χ1) is 12.3. The van der Waals surface area contributed by atoms with Crippen LogP contribution in [0.2, 0.25) is 0 Å². The van der Waals surface area contributed by atoms with E-state index >= 15 is 0 Å². The molecule has 0 saturated heterocycles. The molecule has 144 valence electrons. The van der Waals surface area contributed by atoms with E-state index in [9.17, 15) is 18.0 Å². The van der Waals surface area contributed by atoms with Crippen molar-refractivity contribution in [1.29, 1.82) is 0 Å². The number of sulfone groups is 1. The lowest BCUT2D eigenvalue weighted by atomic mass is 9.87. The lowest BCUT2D eigenvalue weighted by Gasteiger charge is -2.33. The van der Waals surface area contributed by atoms with Crippen LogP contribution in [0.1, 0.15) is 49.9 Å². The van der Waals surface area contributed by atoms with Crippen LogP contribution < -0.4 is 0 Å². The van der Waals surface area contributed by atoms with Gasteiger partial charge in [0.1, 0.15) is 0 Å². The van der Waals surface area contributed by atoms with Crippen molar-refractivity contribution in [3.05, 3.63) is 29.8 Å². The third-order valence-corrected chi connectivity index (χ3v) is 6.86. The summed E-state index contributed by atoms with van der Waals surface area (Å²) in [6.07, 6.45) is 4.08. The Bertz CT molecular complexity index is 751. The van der Waals surface area contributed by atoms with Crippen LogP contribution in [0.5, 0.6) is 0 Å². The van der Waals surface area contributed by atoms with E-state index in [4.69, 9.17) is 4.74 Å². The number of nitrogens with zero attached hydrogens (tertiary/aromatic N) is 1. The van der Waals surface area contributed by atoms with Gasteiger partial charge in [0.05, 0.1) is 16.2 Å². The van der Waals surface area contributed by atoms with Crippen molar-refractivity contribution < 1.29 is 22.7 Å². The predicted molar refractivity (Wildman–Crippen MR) is 98.6 cm³/mol. The zero-order chi connectivity index (χ0) is 19.3. The minimum Gasteiger partial charge on any atom is -0.452 e. The fraction of sp³-hybridized carbons (Fsp3) is 0.579. The van der Waals surface area contributed by atoms with Gasteiger partial charge in [-0.15, -0.1) is 0 Å². The summed E-state index contributed by atoms with van der Waals surface area (Å²) in [4.78, 5) is 26.2. The molecule has 0 radical (unpaired) electrons. The summed E-state index contributed by atoms with van der Waals surface area (Å²) in [5.74, 6) is -0.492. The van der Waals surface area contributed by atoms with Gasteiger partial charge in [-0.05, 0) is 43.7 Å². The maximum Gasteiger partial charge on any atom is 0.339 e. The van der Waals surface area contributed by atoms with Gasteiger partial charge in [-0.1, -0.05) is 26.0 Å². The maximum atomic E-state index is 12.3. The quantitative estimate of drug-likeness (QED) is 0.708. The molecule has 0 atom stereocenters. The predicted octanol–water partition coefficient (Wildman–Crippen LogP) is 2.67. The van der Waals surface area contributed by atoms with E-state index < -0.39 is 15.8 Å². The van der Waals surface area contributed by atoms with Gasteiger partial charge in [0.25, 0.3) is 5.91 Å². The van der Waals surface area contributed by atoms with Crippen LogP contribution in [0.25, 0.3) is 0 Å². The Morgan fingerprint density at radius 3 is 2.38 bits per heavy atom. The molecule has 1 saturated carbocycles. The number of hydrogen-bond acceptors (Lipinski definition) is 5. The van der Waals surface area contributed by atoms with Crippen molar-refractivity contribution in [2.24, 2.45) is 5.92 Å². The number of esters is 1. The Balaban J connectivity index is 2.00. The monoisotopic (exact) mass is 381 g/mol. The smallest absolute Gasteiger partial charge is 0.339 e. The van der Waals surface area contributed by atoms with Crippen LogP contribution in [0.4, 0.5) is 0 Å². The average molecular weight is 381 g/mol. The highest BCUT2D eigenvalue weighted by Gasteiger charge is 2.26. The molecule has 1 amide bonds. The van der Waals surface area contributed by atoms with Gasteiger partial charge in [-0.25, -0.2) is 13.2 Å². The molecule has 7 heteroatoms. The van der Waals surface area contributed by atoms with E-state index in [1.807, 2.05) is 0 Å². The Morgan fingerprint density at radius 2 is 1.77 bits per heavy atom. The van der Waals surface area contributed by atoms with E-state index in [0.29, 0.717) is 5.92 Å². The van der Waals surface area contributed by atoms with Gasteiger partial charge in [0.2, 0.25) is 0 Å². The first kappa shape index (κ1) is 20.4. The molecule has 0 unspecified atom stereocenters. The molecule has 1 fully saturated rings. The first-order valence-electron chi connectivity index (χ1n) is 9.00. The summed E-state index contributed by atoms with van der Waals surface area (Å²) in [6, 6.07) is 6.09. The Labute approximate surface area is 155 Å². The molecule has 2 rings (SSSR count). The Kier molecular flexibility index (Phi) is 6.81. The normalized spacial score (nSPS) is 20.4. The number of hydrogen-bond donors (Lipinski definition) is 0. The van der Waals surface area contributed by atoms with Crippen molar-refractivity contribution in [2.45, 2.75) is 50.5 Å². The summed E-state index contributed by atoms with van der Waals surface area (Å²) in [7, 11) is -1.82. The number of amides is 1. The van der Waals surface area contributed by atoms with E-state index in [1.54, 1.807) is 24.1 Å². The zero-order valence-corrected chi connectivity index (χ0v) is 16.4. The molecule has 0 N–H and O–H groups in total. The molecule has 0 aliphatic heterocycles. The van der Waals surface area contributed by atoms with Gasteiger partial charge in [0.15, 0.2) is 16.4 Å². The highest BCUT2D eigenvalue weighted by atomic mass is 32.2. The third-order valence-electron chi connectivity index (χ3n) is 5.08. The van der Waals surface area contributed by atoms with Gasteiger partial charge in [-0.2, -0.15) is 0 Å². The lowest BCUT2D eigenvalue weighted by molar-refractivity contribution is -0.136. The molecule has 0 bridgehead atoms. The SMILES string of the molecule is CCS(=O)(=O)c1ccccc1C(=O)OCC(=O)N(C)C1CCC(C)CC1. The fourth-order valence-electron chi connectivity index (χ4n) is 3.20. The highest BCUT2D eigenvalue weighted by molar-refractivity contribution is 7.91. The van der Waals surface area contributed by atoms with Crippen molar-refractivity contribution >= 4 is 21.7 Å². The summed E-state index contributed by atoms with van der Waals surface area (Å²) in [5.41, 5.74) is -0.0312. The van der Waals surface area contributed by atoms with Crippen LogP contribution >= 0.6 is 0 Å². The average Bonchev–Trinajstić information content (AvgIpc) is 2.65. The molecule has 6 nitrogen and oxygen atoms in total. The first-order valence-corrected chi connectivity index (χ1v) is 10.7. The Morgan fingerprint density at radius 1 is 1.15 bits per heavy atom. The molecule has 0 aromatic heterocycles. The highest BCUT2D eigenvalue weighted by Crippen LogP contribution is 2.26. The van der Waals surface area contributed by atoms with Gasteiger partial charge >= 0.3 is 5.97 Å². The molecule has 0 heterocycles. The molecule has 0 spiro atoms. The minimum atomic E-state index is -3.55. The second-order valence-corrected chi connectivity index (χ2v) is 9.14. The van der Waals surface area contributed by atoms with E-state index in [2.05, 4.69) is 6.92 Å². The van der Waals surface area contributed by atoms with Crippen molar-refractivity contribution in [3.63, 3.8) is 0 Å². The third kappa shape index (κ3) is 4.84. The summed E-state index contributed by atoms with van der Waals surface area (Å²) < 4.78 is 29.4. The molecular weight excluding hydrogens is 354 g/mol. The van der Waals surface area contributed by atoms with Crippen LogP contribution in [-0.2, 0) is 19.4 Å². The van der Waals surface area contributed by atoms with Gasteiger partial charge in [-0.3, -0.25) is 4.79 Å². The molecule has 1 aliphatic carbocycles. The number of rotatable bonds is 6. The summed E-state index contributed by atoms with van der Waals surface area (Å²) >= 11 is 0. The van der Waals surface area contributed by atoms with Crippen molar-refractivity contribution in [1.82, 2.24) is 4.90 Å². The second kappa shape index (κ2) is 8.66. The fourth-order valence-corrected chi connectivity index (χ4v) is 4.29. The minimum absolute atomic E-state index is 0.0312. The zero-order valence-electron chi connectivity index (χ0n) is 15.6. The van der Waals surface area contributed by atoms with Crippen LogP contribution in [0.3, 0.4) is 0 Å². The molecular formula is C19H27NO5S. The van der Waals surface area contributed by atoms with Gasteiger partial charge < -0.3 is 9.64 Å². The molecule has 1 aromatic carbocycles.